The van der Waals surface area contributed by atoms with Gasteiger partial charge in [-0.1, -0.05) is 17.7 Å². The highest BCUT2D eigenvalue weighted by molar-refractivity contribution is 5.78. The van der Waals surface area contributed by atoms with Crippen LogP contribution in [0, 0.1) is 6.92 Å². The number of amides is 1. The maximum atomic E-state index is 12.1. The number of ether oxygens (including phenoxy) is 1. The number of hydrogen-bond acceptors (Lipinski definition) is 4. The molecule has 0 unspecified atom stereocenters. The average Bonchev–Trinajstić information content (AvgIpc) is 2.46. The molecule has 1 aliphatic rings. The highest BCUT2D eigenvalue weighted by Gasteiger charge is 2.19. The first-order valence-corrected chi connectivity index (χ1v) is 6.99. The largest absolute Gasteiger partial charge is 0.483 e. The number of likely N-dealkylation sites (N-methyl/N-ethyl adjacent to an activating group) is 1. The zero-order chi connectivity index (χ0) is 14.5. The highest BCUT2D eigenvalue weighted by atomic mass is 16.5. The molecule has 1 aromatic carbocycles. The van der Waals surface area contributed by atoms with E-state index in [4.69, 9.17) is 10.5 Å². The second kappa shape index (κ2) is 6.72. The molecule has 1 aliphatic heterocycles. The molecule has 1 aromatic rings. The Morgan fingerprint density at radius 3 is 2.65 bits per heavy atom. The molecular formula is C15H23N3O2. The SMILES string of the molecule is Cc1ccc(OCC(=O)N2CCN(C)CC2)c(CN)c1. The van der Waals surface area contributed by atoms with Crippen molar-refractivity contribution in [3.8, 4) is 5.75 Å². The molecule has 110 valence electrons. The lowest BCUT2D eigenvalue weighted by Gasteiger charge is -2.32. The zero-order valence-electron chi connectivity index (χ0n) is 12.3. The molecule has 1 saturated heterocycles. The lowest BCUT2D eigenvalue weighted by molar-refractivity contribution is -0.134. The summed E-state index contributed by atoms with van der Waals surface area (Å²) >= 11 is 0. The number of aryl methyl sites for hydroxylation is 1. The van der Waals surface area contributed by atoms with Crippen LogP contribution in [0.25, 0.3) is 0 Å². The third-order valence-corrected chi connectivity index (χ3v) is 3.64. The molecule has 0 spiro atoms. The van der Waals surface area contributed by atoms with Crippen LogP contribution in [-0.4, -0.2) is 55.5 Å². The van der Waals surface area contributed by atoms with Crippen molar-refractivity contribution >= 4 is 5.91 Å². The summed E-state index contributed by atoms with van der Waals surface area (Å²) in [6.07, 6.45) is 0. The minimum Gasteiger partial charge on any atom is -0.483 e. The van der Waals surface area contributed by atoms with E-state index in [2.05, 4.69) is 11.9 Å². The predicted octanol–water partition coefficient (Wildman–Crippen LogP) is 0.607. The van der Waals surface area contributed by atoms with Crippen LogP contribution < -0.4 is 10.5 Å². The highest BCUT2D eigenvalue weighted by Crippen LogP contribution is 2.19. The first-order valence-electron chi connectivity index (χ1n) is 6.99. The van der Waals surface area contributed by atoms with Crippen LogP contribution in [0.1, 0.15) is 11.1 Å². The molecule has 0 aromatic heterocycles. The van der Waals surface area contributed by atoms with E-state index < -0.39 is 0 Å². The standard InChI is InChI=1S/C15H23N3O2/c1-12-3-4-14(13(9-12)10-16)20-11-15(19)18-7-5-17(2)6-8-18/h3-4,9H,5-8,10-11,16H2,1-2H3. The summed E-state index contributed by atoms with van der Waals surface area (Å²) in [4.78, 5) is 16.2. The maximum Gasteiger partial charge on any atom is 0.260 e. The van der Waals surface area contributed by atoms with E-state index in [9.17, 15) is 4.79 Å². The van der Waals surface area contributed by atoms with Crippen molar-refractivity contribution in [2.75, 3.05) is 39.8 Å². The Balaban J connectivity index is 1.90. The molecule has 0 radical (unpaired) electrons. The van der Waals surface area contributed by atoms with Crippen LogP contribution in [-0.2, 0) is 11.3 Å². The number of benzene rings is 1. The fourth-order valence-corrected chi connectivity index (χ4v) is 2.30. The average molecular weight is 277 g/mol. The van der Waals surface area contributed by atoms with Gasteiger partial charge in [0.1, 0.15) is 5.75 Å². The van der Waals surface area contributed by atoms with E-state index in [0.29, 0.717) is 12.3 Å². The molecule has 5 nitrogen and oxygen atoms in total. The van der Waals surface area contributed by atoms with Gasteiger partial charge in [0, 0.05) is 38.3 Å². The smallest absolute Gasteiger partial charge is 0.260 e. The topological polar surface area (TPSA) is 58.8 Å². The first kappa shape index (κ1) is 14.8. The van der Waals surface area contributed by atoms with E-state index in [1.54, 1.807) is 0 Å². The van der Waals surface area contributed by atoms with E-state index in [1.165, 1.54) is 0 Å². The van der Waals surface area contributed by atoms with Gasteiger partial charge < -0.3 is 20.3 Å². The zero-order valence-corrected chi connectivity index (χ0v) is 12.3. The van der Waals surface area contributed by atoms with Gasteiger partial charge in [0.25, 0.3) is 5.91 Å². The van der Waals surface area contributed by atoms with Gasteiger partial charge in [-0.3, -0.25) is 4.79 Å². The van der Waals surface area contributed by atoms with E-state index in [0.717, 1.165) is 37.3 Å². The summed E-state index contributed by atoms with van der Waals surface area (Å²) in [6, 6.07) is 5.85. The molecule has 20 heavy (non-hydrogen) atoms. The molecular weight excluding hydrogens is 254 g/mol. The van der Waals surface area contributed by atoms with Gasteiger partial charge in [-0.25, -0.2) is 0 Å². The van der Waals surface area contributed by atoms with Crippen LogP contribution in [0.15, 0.2) is 18.2 Å². The Morgan fingerprint density at radius 2 is 2.00 bits per heavy atom. The van der Waals surface area contributed by atoms with Crippen LogP contribution in [0.2, 0.25) is 0 Å². The molecule has 2 rings (SSSR count). The molecule has 0 aliphatic carbocycles. The quantitative estimate of drug-likeness (QED) is 0.876. The van der Waals surface area contributed by atoms with Crippen molar-refractivity contribution in [1.29, 1.82) is 0 Å². The van der Waals surface area contributed by atoms with Crippen LogP contribution in [0.5, 0.6) is 5.75 Å². The lowest BCUT2D eigenvalue weighted by Crippen LogP contribution is -2.48. The number of rotatable bonds is 4. The van der Waals surface area contributed by atoms with E-state index in [-0.39, 0.29) is 12.5 Å². The van der Waals surface area contributed by atoms with Gasteiger partial charge in [0.2, 0.25) is 0 Å². The summed E-state index contributed by atoms with van der Waals surface area (Å²) in [5, 5.41) is 0. The number of carbonyl (C=O) groups excluding carboxylic acids is 1. The van der Waals surface area contributed by atoms with Crippen molar-refractivity contribution in [3.05, 3.63) is 29.3 Å². The van der Waals surface area contributed by atoms with Crippen molar-refractivity contribution in [1.82, 2.24) is 9.80 Å². The Labute approximate surface area is 120 Å². The summed E-state index contributed by atoms with van der Waals surface area (Å²) in [6.45, 7) is 5.90. The molecule has 1 amide bonds. The fourth-order valence-electron chi connectivity index (χ4n) is 2.30. The molecule has 1 heterocycles. The Hall–Kier alpha value is -1.59. The normalized spacial score (nSPS) is 16.2. The summed E-state index contributed by atoms with van der Waals surface area (Å²) in [5.41, 5.74) is 7.79. The van der Waals surface area contributed by atoms with Gasteiger partial charge >= 0.3 is 0 Å². The number of nitrogens with zero attached hydrogens (tertiary/aromatic N) is 2. The van der Waals surface area contributed by atoms with Gasteiger partial charge in [-0.15, -0.1) is 0 Å². The maximum absolute atomic E-state index is 12.1. The Kier molecular flexibility index (Phi) is 4.98. The summed E-state index contributed by atoms with van der Waals surface area (Å²) in [5.74, 6) is 0.752. The molecule has 1 fully saturated rings. The van der Waals surface area contributed by atoms with Crippen LogP contribution in [0.3, 0.4) is 0 Å². The van der Waals surface area contributed by atoms with Crippen LogP contribution in [0.4, 0.5) is 0 Å². The first-order chi connectivity index (χ1) is 9.60. The third kappa shape index (κ3) is 3.71. The molecule has 2 N–H and O–H groups in total. The van der Waals surface area contributed by atoms with Crippen molar-refractivity contribution < 1.29 is 9.53 Å². The Bertz CT molecular complexity index is 468. The monoisotopic (exact) mass is 277 g/mol. The lowest BCUT2D eigenvalue weighted by atomic mass is 10.1. The second-order valence-electron chi connectivity index (χ2n) is 5.29. The minimum absolute atomic E-state index is 0.0432. The van der Waals surface area contributed by atoms with E-state index >= 15 is 0 Å². The molecule has 5 heteroatoms. The number of hydrogen-bond donors (Lipinski definition) is 1. The van der Waals surface area contributed by atoms with E-state index in [1.807, 2.05) is 30.0 Å². The van der Waals surface area contributed by atoms with Gasteiger partial charge in [0.15, 0.2) is 6.61 Å². The van der Waals surface area contributed by atoms with Crippen molar-refractivity contribution in [3.63, 3.8) is 0 Å². The molecule has 0 atom stereocenters. The third-order valence-electron chi connectivity index (χ3n) is 3.64. The predicted molar refractivity (Wildman–Crippen MR) is 78.6 cm³/mol. The Morgan fingerprint density at radius 1 is 1.30 bits per heavy atom. The number of carbonyl (C=O) groups is 1. The van der Waals surface area contributed by atoms with Crippen LogP contribution >= 0.6 is 0 Å². The van der Waals surface area contributed by atoms with Gasteiger partial charge in [-0.2, -0.15) is 0 Å². The summed E-state index contributed by atoms with van der Waals surface area (Å²) < 4.78 is 5.64. The number of nitrogens with two attached hydrogens (primary N) is 1. The minimum atomic E-state index is 0.0432. The van der Waals surface area contributed by atoms with Gasteiger partial charge in [-0.05, 0) is 20.0 Å². The fraction of sp³-hybridized carbons (Fsp3) is 0.533. The molecule has 0 bridgehead atoms. The second-order valence-corrected chi connectivity index (χ2v) is 5.29. The molecule has 0 saturated carbocycles. The van der Waals surface area contributed by atoms with Crippen molar-refractivity contribution in [2.24, 2.45) is 5.73 Å². The van der Waals surface area contributed by atoms with Gasteiger partial charge in [0.05, 0.1) is 0 Å². The summed E-state index contributed by atoms with van der Waals surface area (Å²) in [7, 11) is 2.07. The number of piperazine rings is 1. The van der Waals surface area contributed by atoms with Crippen molar-refractivity contribution in [2.45, 2.75) is 13.5 Å².